The summed E-state index contributed by atoms with van der Waals surface area (Å²) in [7, 11) is 0. The van der Waals surface area contributed by atoms with E-state index in [0.29, 0.717) is 5.69 Å². The van der Waals surface area contributed by atoms with Crippen LogP contribution in [0.1, 0.15) is 0 Å². The molecule has 15 heavy (non-hydrogen) atoms. The number of rotatable bonds is 2. The first-order valence-electron chi connectivity index (χ1n) is 4.64. The van der Waals surface area contributed by atoms with Crippen LogP contribution in [0.4, 0.5) is 10.1 Å². The van der Waals surface area contributed by atoms with Crippen molar-refractivity contribution in [2.75, 3.05) is 18.9 Å². The van der Waals surface area contributed by atoms with Gasteiger partial charge in [0.1, 0.15) is 17.7 Å². The highest BCUT2D eigenvalue weighted by molar-refractivity contribution is 5.52. The summed E-state index contributed by atoms with van der Waals surface area (Å²) >= 11 is 0. The zero-order valence-corrected chi connectivity index (χ0v) is 8.02. The molecule has 2 atom stereocenters. The summed E-state index contributed by atoms with van der Waals surface area (Å²) in [6.45, 7) is 0.525. The lowest BCUT2D eigenvalue weighted by molar-refractivity contribution is 0.0736. The maximum atomic E-state index is 12.9. The molecule has 0 radical (unpaired) electrons. The first kappa shape index (κ1) is 10.2. The molecule has 3 N–H and O–H groups in total. The second-order valence-electron chi connectivity index (χ2n) is 3.44. The highest BCUT2D eigenvalue weighted by atomic mass is 19.1. The SMILES string of the molecule is Nc1ccc(F)cc1O[C@H]1COC[C@H]1O. The molecule has 1 aliphatic heterocycles. The molecule has 1 heterocycles. The fourth-order valence-corrected chi connectivity index (χ4v) is 1.41. The van der Waals surface area contributed by atoms with Crippen molar-refractivity contribution in [3.63, 3.8) is 0 Å². The average molecular weight is 213 g/mol. The van der Waals surface area contributed by atoms with E-state index in [1.165, 1.54) is 18.2 Å². The van der Waals surface area contributed by atoms with Crippen LogP contribution >= 0.6 is 0 Å². The third-order valence-electron chi connectivity index (χ3n) is 2.25. The van der Waals surface area contributed by atoms with Crippen molar-refractivity contribution in [3.05, 3.63) is 24.0 Å². The van der Waals surface area contributed by atoms with Gasteiger partial charge in [-0.25, -0.2) is 4.39 Å². The zero-order chi connectivity index (χ0) is 10.8. The first-order chi connectivity index (χ1) is 7.16. The maximum absolute atomic E-state index is 12.9. The third-order valence-corrected chi connectivity index (χ3v) is 2.25. The maximum Gasteiger partial charge on any atom is 0.150 e. The lowest BCUT2D eigenvalue weighted by atomic mass is 10.2. The van der Waals surface area contributed by atoms with Gasteiger partial charge in [0, 0.05) is 6.07 Å². The van der Waals surface area contributed by atoms with Gasteiger partial charge < -0.3 is 20.3 Å². The molecule has 0 amide bonds. The monoisotopic (exact) mass is 213 g/mol. The molecule has 2 rings (SSSR count). The van der Waals surface area contributed by atoms with Crippen molar-refractivity contribution in [3.8, 4) is 5.75 Å². The molecule has 1 aromatic carbocycles. The van der Waals surface area contributed by atoms with Crippen molar-refractivity contribution < 1.29 is 19.0 Å². The predicted molar refractivity (Wildman–Crippen MR) is 52.1 cm³/mol. The highest BCUT2D eigenvalue weighted by Gasteiger charge is 2.28. The first-order valence-corrected chi connectivity index (χ1v) is 4.64. The Morgan fingerprint density at radius 3 is 2.93 bits per heavy atom. The zero-order valence-electron chi connectivity index (χ0n) is 8.02. The highest BCUT2D eigenvalue weighted by Crippen LogP contribution is 2.25. The molecule has 0 aromatic heterocycles. The Labute approximate surface area is 86.4 Å². The van der Waals surface area contributed by atoms with Crippen molar-refractivity contribution in [1.82, 2.24) is 0 Å². The largest absolute Gasteiger partial charge is 0.483 e. The van der Waals surface area contributed by atoms with Crippen LogP contribution < -0.4 is 10.5 Å². The van der Waals surface area contributed by atoms with Gasteiger partial charge in [-0.05, 0) is 12.1 Å². The van der Waals surface area contributed by atoms with Crippen molar-refractivity contribution >= 4 is 5.69 Å². The normalized spacial score (nSPS) is 25.5. The summed E-state index contributed by atoms with van der Waals surface area (Å²) in [5, 5.41) is 9.43. The van der Waals surface area contributed by atoms with Gasteiger partial charge in [-0.2, -0.15) is 0 Å². The molecular formula is C10H12FNO3. The molecule has 4 nitrogen and oxygen atoms in total. The van der Waals surface area contributed by atoms with Gasteiger partial charge in [-0.3, -0.25) is 0 Å². The standard InChI is InChI=1S/C10H12FNO3/c11-6-1-2-7(12)9(3-6)15-10-5-14-4-8(10)13/h1-3,8,10,13H,4-5,12H2/t8-,10+/m1/s1. The van der Waals surface area contributed by atoms with E-state index >= 15 is 0 Å². The summed E-state index contributed by atoms with van der Waals surface area (Å²) in [6, 6.07) is 3.87. The van der Waals surface area contributed by atoms with Gasteiger partial charge in [-0.15, -0.1) is 0 Å². The molecule has 1 aliphatic rings. The van der Waals surface area contributed by atoms with Crippen LogP contribution in [0.2, 0.25) is 0 Å². The Morgan fingerprint density at radius 2 is 2.27 bits per heavy atom. The molecule has 1 fully saturated rings. The second kappa shape index (κ2) is 4.04. The number of hydrogen-bond donors (Lipinski definition) is 2. The van der Waals surface area contributed by atoms with Crippen LogP contribution in [-0.2, 0) is 4.74 Å². The second-order valence-corrected chi connectivity index (χ2v) is 3.44. The van der Waals surface area contributed by atoms with Gasteiger partial charge in [-0.1, -0.05) is 0 Å². The van der Waals surface area contributed by atoms with E-state index in [1.54, 1.807) is 0 Å². The van der Waals surface area contributed by atoms with E-state index in [9.17, 15) is 9.50 Å². The molecule has 0 bridgehead atoms. The van der Waals surface area contributed by atoms with Crippen LogP contribution in [0.5, 0.6) is 5.75 Å². The Morgan fingerprint density at radius 1 is 1.47 bits per heavy atom. The molecule has 0 unspecified atom stereocenters. The lowest BCUT2D eigenvalue weighted by Crippen LogP contribution is -2.30. The summed E-state index contributed by atoms with van der Waals surface area (Å²) in [6.07, 6.45) is -1.17. The van der Waals surface area contributed by atoms with E-state index in [1.807, 2.05) is 0 Å². The quantitative estimate of drug-likeness (QED) is 0.704. The number of aliphatic hydroxyl groups excluding tert-OH is 1. The van der Waals surface area contributed by atoms with Gasteiger partial charge >= 0.3 is 0 Å². The van der Waals surface area contributed by atoms with Crippen molar-refractivity contribution in [1.29, 1.82) is 0 Å². The van der Waals surface area contributed by atoms with E-state index in [2.05, 4.69) is 0 Å². The minimum Gasteiger partial charge on any atom is -0.483 e. The number of ether oxygens (including phenoxy) is 2. The van der Waals surface area contributed by atoms with Crippen LogP contribution in [-0.4, -0.2) is 30.5 Å². The van der Waals surface area contributed by atoms with E-state index in [-0.39, 0.29) is 19.0 Å². The number of nitrogen functional groups attached to an aromatic ring is 1. The lowest BCUT2D eigenvalue weighted by Gasteiger charge is -2.16. The molecule has 0 aliphatic carbocycles. The number of nitrogens with two attached hydrogens (primary N) is 1. The third kappa shape index (κ3) is 2.19. The fraction of sp³-hybridized carbons (Fsp3) is 0.400. The molecule has 1 aromatic rings. The number of halogens is 1. The number of anilines is 1. The topological polar surface area (TPSA) is 64.7 Å². The van der Waals surface area contributed by atoms with E-state index in [0.717, 1.165) is 0 Å². The Kier molecular flexibility index (Phi) is 2.75. The fourth-order valence-electron chi connectivity index (χ4n) is 1.41. The minimum absolute atomic E-state index is 0.236. The smallest absolute Gasteiger partial charge is 0.150 e. The summed E-state index contributed by atoms with van der Waals surface area (Å²) < 4.78 is 23.3. The Hall–Kier alpha value is -1.33. The summed E-state index contributed by atoms with van der Waals surface area (Å²) in [4.78, 5) is 0. The molecule has 5 heteroatoms. The molecule has 1 saturated heterocycles. The van der Waals surface area contributed by atoms with Crippen LogP contribution in [0.3, 0.4) is 0 Å². The van der Waals surface area contributed by atoms with Gasteiger partial charge in [0.15, 0.2) is 6.10 Å². The van der Waals surface area contributed by atoms with Crippen molar-refractivity contribution in [2.45, 2.75) is 12.2 Å². The molecule has 0 saturated carbocycles. The van der Waals surface area contributed by atoms with Gasteiger partial charge in [0.25, 0.3) is 0 Å². The number of hydrogen-bond acceptors (Lipinski definition) is 4. The minimum atomic E-state index is -0.687. The molecular weight excluding hydrogens is 201 g/mol. The number of benzene rings is 1. The van der Waals surface area contributed by atoms with Gasteiger partial charge in [0.05, 0.1) is 18.9 Å². The summed E-state index contributed by atoms with van der Waals surface area (Å²) in [5.74, 6) is -0.183. The Bertz CT molecular complexity index is 359. The molecule has 82 valence electrons. The number of aliphatic hydroxyl groups is 1. The van der Waals surface area contributed by atoms with Crippen molar-refractivity contribution in [2.24, 2.45) is 0 Å². The predicted octanol–water partition coefficient (Wildman–Crippen LogP) is 0.546. The van der Waals surface area contributed by atoms with Crippen LogP contribution in [0.25, 0.3) is 0 Å². The van der Waals surface area contributed by atoms with E-state index < -0.39 is 18.0 Å². The van der Waals surface area contributed by atoms with Gasteiger partial charge in [0.2, 0.25) is 0 Å². The Balaban J connectivity index is 2.12. The summed E-state index contributed by atoms with van der Waals surface area (Å²) in [5.41, 5.74) is 5.94. The van der Waals surface area contributed by atoms with Crippen LogP contribution in [0, 0.1) is 5.82 Å². The average Bonchev–Trinajstić information content (AvgIpc) is 2.58. The van der Waals surface area contributed by atoms with Crippen LogP contribution in [0.15, 0.2) is 18.2 Å². The van der Waals surface area contributed by atoms with E-state index in [4.69, 9.17) is 15.2 Å². The molecule has 0 spiro atoms.